The maximum absolute atomic E-state index is 14.4. The van der Waals surface area contributed by atoms with Crippen LogP contribution in [0.4, 0.5) is 10.2 Å². The summed E-state index contributed by atoms with van der Waals surface area (Å²) in [4.78, 5) is 35.0. The smallest absolute Gasteiger partial charge is 0.316 e. The lowest BCUT2D eigenvalue weighted by Gasteiger charge is -2.36. The quantitative estimate of drug-likeness (QED) is 0.370. The number of hydrogen-bond acceptors (Lipinski definition) is 7. The number of aromatic nitrogens is 4. The van der Waals surface area contributed by atoms with Gasteiger partial charge in [-0.05, 0) is 56.9 Å². The number of nitrogens with one attached hydrogen (secondary N) is 3. The third kappa shape index (κ3) is 4.81. The number of aromatic amines is 1. The molecule has 1 spiro atoms. The standard InChI is InChI=1S/C26H29FN8O2/c1-15(21-19(27)13-30-25(33-21)37-3)24(36)35-11-9-26(14-35)8-7-17-12-18(16(2)31-23(17)34-26)22(28)32-20-6-4-5-10-29-20/h4-6,10,12-13,15H,7-9,11,14H2,1-3H3,(H,31,34)(H2,28,29,32)/t15-,26+/m1/s1. The number of pyridine rings is 2. The van der Waals surface area contributed by atoms with Crippen LogP contribution < -0.4 is 15.5 Å². The number of hydrogen-bond donors (Lipinski definition) is 3. The van der Waals surface area contributed by atoms with Crippen LogP contribution in [0.25, 0.3) is 0 Å². The van der Waals surface area contributed by atoms with Crippen molar-refractivity contribution in [2.75, 3.05) is 25.5 Å². The van der Waals surface area contributed by atoms with Crippen molar-refractivity contribution in [1.29, 1.82) is 5.41 Å². The maximum Gasteiger partial charge on any atom is 0.316 e. The average Bonchev–Trinajstić information content (AvgIpc) is 3.31. The van der Waals surface area contributed by atoms with Gasteiger partial charge in [0.15, 0.2) is 11.7 Å². The Morgan fingerprint density at radius 3 is 2.92 bits per heavy atom. The average molecular weight is 505 g/mol. The number of rotatable bonds is 4. The van der Waals surface area contributed by atoms with Gasteiger partial charge >= 0.3 is 6.01 Å². The molecule has 5 rings (SSSR count). The number of anilines is 1. The normalized spacial score (nSPS) is 19.9. The second-order valence-electron chi connectivity index (χ2n) is 9.56. The van der Waals surface area contributed by atoms with Gasteiger partial charge in [0.05, 0.1) is 36.2 Å². The second kappa shape index (κ2) is 9.72. The molecule has 1 amide bonds. The highest BCUT2D eigenvalue weighted by Gasteiger charge is 2.43. The Bertz CT molecular complexity index is 1420. The number of nitrogens with zero attached hydrogens (tertiary/aromatic N) is 5. The Hall–Kier alpha value is -4.15. The minimum Gasteiger partial charge on any atom is -0.467 e. The highest BCUT2D eigenvalue weighted by molar-refractivity contribution is 5.98. The molecule has 0 radical (unpaired) electrons. The molecule has 3 N–H and O–H groups in total. The van der Waals surface area contributed by atoms with Gasteiger partial charge in [0.1, 0.15) is 11.3 Å². The van der Waals surface area contributed by atoms with Crippen molar-refractivity contribution in [3.63, 3.8) is 0 Å². The summed E-state index contributed by atoms with van der Waals surface area (Å²) < 4.78 is 19.4. The van der Waals surface area contributed by atoms with E-state index in [-0.39, 0.29) is 29.0 Å². The Kier molecular flexibility index (Phi) is 6.45. The fraction of sp³-hybridized carbons (Fsp3) is 0.385. The summed E-state index contributed by atoms with van der Waals surface area (Å²) in [6.45, 7) is 4.58. The zero-order chi connectivity index (χ0) is 26.2. The van der Waals surface area contributed by atoms with Crippen molar-refractivity contribution in [2.45, 2.75) is 44.6 Å². The monoisotopic (exact) mass is 504 g/mol. The molecule has 11 heteroatoms. The van der Waals surface area contributed by atoms with Crippen LogP contribution in [0.1, 0.15) is 48.2 Å². The molecule has 1 saturated heterocycles. The van der Waals surface area contributed by atoms with E-state index in [1.165, 1.54) is 7.11 Å². The number of carbonyl (C=O) groups is 1. The SMILES string of the molecule is COc1ncc(F)c([C@@H](C)C(=O)N2CC[C@@]3(CCc4cc(C(=N)/N=c5/cccc[nH]5)c(C)nc4N3)C2)n1. The molecule has 2 aliphatic heterocycles. The van der Waals surface area contributed by atoms with Gasteiger partial charge in [0, 0.05) is 24.8 Å². The van der Waals surface area contributed by atoms with Gasteiger partial charge in [-0.1, -0.05) is 6.07 Å². The molecule has 0 aromatic carbocycles. The molecule has 192 valence electrons. The third-order valence-corrected chi connectivity index (χ3v) is 7.11. The fourth-order valence-corrected chi connectivity index (χ4v) is 5.03. The first-order chi connectivity index (χ1) is 17.8. The van der Waals surface area contributed by atoms with Crippen molar-refractivity contribution in [3.8, 4) is 6.01 Å². The molecule has 0 aliphatic carbocycles. The van der Waals surface area contributed by atoms with E-state index < -0.39 is 11.7 Å². The van der Waals surface area contributed by atoms with Crippen molar-refractivity contribution >= 4 is 17.6 Å². The molecule has 3 aromatic heterocycles. The Morgan fingerprint density at radius 2 is 2.16 bits per heavy atom. The zero-order valence-corrected chi connectivity index (χ0v) is 21.0. The number of likely N-dealkylation sites (tertiary alicyclic amines) is 1. The number of aryl methyl sites for hydroxylation is 2. The Balaban J connectivity index is 1.32. The van der Waals surface area contributed by atoms with E-state index in [1.807, 2.05) is 31.2 Å². The lowest BCUT2D eigenvalue weighted by molar-refractivity contribution is -0.131. The van der Waals surface area contributed by atoms with Gasteiger partial charge in [-0.25, -0.2) is 19.4 Å². The van der Waals surface area contributed by atoms with Crippen LogP contribution in [0, 0.1) is 18.2 Å². The van der Waals surface area contributed by atoms with Gasteiger partial charge in [0.2, 0.25) is 5.91 Å². The third-order valence-electron chi connectivity index (χ3n) is 7.11. The van der Waals surface area contributed by atoms with E-state index in [0.717, 1.165) is 36.8 Å². The number of amidine groups is 1. The zero-order valence-electron chi connectivity index (χ0n) is 21.0. The summed E-state index contributed by atoms with van der Waals surface area (Å²) in [6, 6.07) is 7.55. The lowest BCUT2D eigenvalue weighted by atomic mass is 9.86. The molecule has 10 nitrogen and oxygen atoms in total. The Labute approximate surface area is 213 Å². The molecule has 3 aromatic rings. The van der Waals surface area contributed by atoms with Gasteiger partial charge in [-0.15, -0.1) is 0 Å². The number of amides is 1. The second-order valence-corrected chi connectivity index (χ2v) is 9.56. The first kappa shape index (κ1) is 24.5. The number of fused-ring (bicyclic) bond motifs is 1. The van der Waals surface area contributed by atoms with Crippen molar-refractivity contribution < 1.29 is 13.9 Å². The van der Waals surface area contributed by atoms with E-state index in [4.69, 9.17) is 15.1 Å². The molecule has 2 aliphatic rings. The van der Waals surface area contributed by atoms with Crippen LogP contribution in [-0.2, 0) is 11.2 Å². The first-order valence-corrected chi connectivity index (χ1v) is 12.2. The van der Waals surface area contributed by atoms with Crippen LogP contribution in [0.2, 0.25) is 0 Å². The summed E-state index contributed by atoms with van der Waals surface area (Å²) in [5, 5.41) is 12.1. The van der Waals surface area contributed by atoms with Crippen LogP contribution in [0.15, 0.2) is 41.7 Å². The minimum atomic E-state index is -0.762. The predicted octanol–water partition coefficient (Wildman–Crippen LogP) is 2.71. The van der Waals surface area contributed by atoms with E-state index >= 15 is 0 Å². The molecule has 0 saturated carbocycles. The summed E-state index contributed by atoms with van der Waals surface area (Å²) in [7, 11) is 1.40. The largest absolute Gasteiger partial charge is 0.467 e. The summed E-state index contributed by atoms with van der Waals surface area (Å²) in [6.07, 6.45) is 5.14. The van der Waals surface area contributed by atoms with E-state index in [1.54, 1.807) is 18.0 Å². The van der Waals surface area contributed by atoms with Crippen molar-refractivity contribution in [3.05, 3.63) is 70.5 Å². The number of carbonyl (C=O) groups excluding carboxylic acids is 1. The van der Waals surface area contributed by atoms with Gasteiger partial charge in [0.25, 0.3) is 0 Å². The molecule has 0 unspecified atom stereocenters. The van der Waals surface area contributed by atoms with Crippen LogP contribution in [-0.4, -0.2) is 62.3 Å². The van der Waals surface area contributed by atoms with Crippen molar-refractivity contribution in [1.82, 2.24) is 24.8 Å². The fourth-order valence-electron chi connectivity index (χ4n) is 5.03. The first-order valence-electron chi connectivity index (χ1n) is 12.2. The van der Waals surface area contributed by atoms with Crippen molar-refractivity contribution in [2.24, 2.45) is 4.99 Å². The molecular formula is C26H29FN8O2. The minimum absolute atomic E-state index is 0.0306. The summed E-state index contributed by atoms with van der Waals surface area (Å²) in [5.41, 5.74) is 2.75. The highest BCUT2D eigenvalue weighted by Crippen LogP contribution is 2.37. The van der Waals surface area contributed by atoms with E-state index in [2.05, 4.69) is 25.3 Å². The van der Waals surface area contributed by atoms with Crippen LogP contribution >= 0.6 is 0 Å². The number of methoxy groups -OCH3 is 1. The van der Waals surface area contributed by atoms with E-state index in [9.17, 15) is 9.18 Å². The molecule has 5 heterocycles. The molecule has 0 bridgehead atoms. The maximum atomic E-state index is 14.4. The number of ether oxygens (including phenoxy) is 1. The molecule has 2 atom stereocenters. The van der Waals surface area contributed by atoms with E-state index in [0.29, 0.717) is 29.8 Å². The summed E-state index contributed by atoms with van der Waals surface area (Å²) in [5.74, 6) is -0.645. The Morgan fingerprint density at radius 1 is 1.32 bits per heavy atom. The summed E-state index contributed by atoms with van der Waals surface area (Å²) >= 11 is 0. The molecular weight excluding hydrogens is 475 g/mol. The number of halogens is 1. The molecule has 1 fully saturated rings. The molecule has 37 heavy (non-hydrogen) atoms. The van der Waals surface area contributed by atoms with Gasteiger partial charge in [-0.2, -0.15) is 4.98 Å². The number of H-pyrrole nitrogens is 1. The van der Waals surface area contributed by atoms with Crippen LogP contribution in [0.3, 0.4) is 0 Å². The predicted molar refractivity (Wildman–Crippen MR) is 135 cm³/mol. The van der Waals surface area contributed by atoms with Gasteiger partial charge < -0.3 is 19.9 Å². The van der Waals surface area contributed by atoms with Gasteiger partial charge in [-0.3, -0.25) is 10.2 Å². The lowest BCUT2D eigenvalue weighted by Crippen LogP contribution is -2.46. The van der Waals surface area contributed by atoms with Crippen LogP contribution in [0.5, 0.6) is 6.01 Å². The highest BCUT2D eigenvalue weighted by atomic mass is 19.1. The topological polar surface area (TPSA) is 132 Å².